The van der Waals surface area contributed by atoms with Gasteiger partial charge in [0.2, 0.25) is 0 Å². The number of hydrogen-bond donors (Lipinski definition) is 0. The quantitative estimate of drug-likeness (QED) is 0.259. The van der Waals surface area contributed by atoms with Gasteiger partial charge in [-0.1, -0.05) is 111 Å². The lowest BCUT2D eigenvalue weighted by Gasteiger charge is -2.10. The van der Waals surface area contributed by atoms with E-state index < -0.39 is 0 Å². The molecule has 1 heteroatoms. The largest absolute Gasteiger partial charge is 0.309 e. The van der Waals surface area contributed by atoms with Crippen LogP contribution in [-0.4, -0.2) is 4.57 Å². The van der Waals surface area contributed by atoms with Crippen molar-refractivity contribution in [2.45, 2.75) is 19.8 Å². The smallest absolute Gasteiger partial charge is 0.0547 e. The van der Waals surface area contributed by atoms with E-state index in [0.717, 1.165) is 0 Å². The van der Waals surface area contributed by atoms with Gasteiger partial charge in [-0.3, -0.25) is 0 Å². The molecule has 0 fully saturated rings. The van der Waals surface area contributed by atoms with Gasteiger partial charge in [0.25, 0.3) is 0 Å². The van der Waals surface area contributed by atoms with Gasteiger partial charge in [0.05, 0.1) is 11.0 Å². The zero-order chi connectivity index (χ0) is 23.1. The molecule has 0 spiro atoms. The highest BCUT2D eigenvalue weighted by atomic mass is 15.0. The van der Waals surface area contributed by atoms with Crippen LogP contribution in [-0.2, 0) is 0 Å². The molecule has 0 aliphatic rings. The Morgan fingerprint density at radius 3 is 1.68 bits per heavy atom. The number of aromatic nitrogens is 1. The van der Waals surface area contributed by atoms with Crippen LogP contribution in [0.5, 0.6) is 0 Å². The van der Waals surface area contributed by atoms with E-state index in [0.29, 0.717) is 5.92 Å². The van der Waals surface area contributed by atoms with Gasteiger partial charge in [-0.05, 0) is 58.0 Å². The second-order valence-electron chi connectivity index (χ2n) is 9.27. The molecule has 0 saturated carbocycles. The maximum atomic E-state index is 2.37. The minimum Gasteiger partial charge on any atom is -0.309 e. The van der Waals surface area contributed by atoms with Gasteiger partial charge in [-0.25, -0.2) is 0 Å². The lowest BCUT2D eigenvalue weighted by Crippen LogP contribution is -1.93. The van der Waals surface area contributed by atoms with Crippen LogP contribution >= 0.6 is 0 Å². The zero-order valence-corrected chi connectivity index (χ0v) is 19.6. The van der Waals surface area contributed by atoms with E-state index in [4.69, 9.17) is 0 Å². The summed E-state index contributed by atoms with van der Waals surface area (Å²) < 4.78 is 2.37. The molecule has 0 unspecified atom stereocenters. The molecule has 0 amide bonds. The molecule has 5 aromatic carbocycles. The van der Waals surface area contributed by atoms with Crippen molar-refractivity contribution < 1.29 is 0 Å². The number of para-hydroxylation sites is 2. The summed E-state index contributed by atoms with van der Waals surface area (Å²) in [5.41, 5.74) is 10.0. The third kappa shape index (κ3) is 3.50. The van der Waals surface area contributed by atoms with Crippen molar-refractivity contribution >= 4 is 21.8 Å². The molecule has 0 aliphatic heterocycles. The van der Waals surface area contributed by atoms with Crippen molar-refractivity contribution in [2.24, 2.45) is 0 Å². The second kappa shape index (κ2) is 8.35. The van der Waals surface area contributed by atoms with E-state index in [1.807, 2.05) is 0 Å². The number of benzene rings is 5. The maximum absolute atomic E-state index is 2.37. The van der Waals surface area contributed by atoms with Gasteiger partial charge in [0.1, 0.15) is 0 Å². The molecule has 0 atom stereocenters. The molecule has 0 aliphatic carbocycles. The topological polar surface area (TPSA) is 4.93 Å². The summed E-state index contributed by atoms with van der Waals surface area (Å²) in [7, 11) is 0. The van der Waals surface area contributed by atoms with Crippen molar-refractivity contribution in [2.75, 3.05) is 0 Å². The molecule has 34 heavy (non-hydrogen) atoms. The predicted octanol–water partition coefficient (Wildman–Crippen LogP) is 9.24. The highest BCUT2D eigenvalue weighted by Gasteiger charge is 2.13. The molecular formula is C33H27N. The number of hydrogen-bond acceptors (Lipinski definition) is 0. The molecule has 1 aromatic heterocycles. The Kier molecular flexibility index (Phi) is 5.04. The van der Waals surface area contributed by atoms with E-state index in [-0.39, 0.29) is 0 Å². The first-order valence-corrected chi connectivity index (χ1v) is 12.0. The summed E-state index contributed by atoms with van der Waals surface area (Å²) in [6.45, 7) is 4.47. The first-order valence-electron chi connectivity index (χ1n) is 12.0. The fraction of sp³-hybridized carbons (Fsp3) is 0.0909. The fourth-order valence-electron chi connectivity index (χ4n) is 4.92. The van der Waals surface area contributed by atoms with Gasteiger partial charge in [0.15, 0.2) is 0 Å². The minimum atomic E-state index is 0.554. The maximum Gasteiger partial charge on any atom is 0.0547 e. The van der Waals surface area contributed by atoms with Gasteiger partial charge >= 0.3 is 0 Å². The lowest BCUT2D eigenvalue weighted by molar-refractivity contribution is 0.867. The van der Waals surface area contributed by atoms with Crippen molar-refractivity contribution in [3.8, 4) is 27.9 Å². The Hall–Kier alpha value is -4.10. The highest BCUT2D eigenvalue weighted by molar-refractivity contribution is 6.10. The van der Waals surface area contributed by atoms with Crippen LogP contribution in [0.2, 0.25) is 0 Å². The third-order valence-corrected chi connectivity index (χ3v) is 6.82. The molecule has 0 radical (unpaired) electrons. The number of rotatable bonds is 4. The molecule has 6 aromatic rings. The van der Waals surface area contributed by atoms with Crippen LogP contribution in [0.1, 0.15) is 25.3 Å². The van der Waals surface area contributed by atoms with Crippen LogP contribution in [0.25, 0.3) is 49.7 Å². The number of fused-ring (bicyclic) bond motifs is 3. The van der Waals surface area contributed by atoms with Crippen LogP contribution in [0.3, 0.4) is 0 Å². The summed E-state index contributed by atoms with van der Waals surface area (Å²) in [6.07, 6.45) is 0. The Labute approximate surface area is 200 Å². The Bertz CT molecular complexity index is 1590. The van der Waals surface area contributed by atoms with E-state index in [2.05, 4.69) is 140 Å². The van der Waals surface area contributed by atoms with Gasteiger partial charge < -0.3 is 4.57 Å². The van der Waals surface area contributed by atoms with E-state index in [9.17, 15) is 0 Å². The third-order valence-electron chi connectivity index (χ3n) is 6.82. The van der Waals surface area contributed by atoms with Crippen LogP contribution in [0, 0.1) is 0 Å². The SMILES string of the molecule is CC(C)c1ccc(-c2ccc(-c3ccc4c5ccccc5n(-c5ccccc5)c4c3)cc2)cc1. The number of nitrogens with zero attached hydrogens (tertiary/aromatic N) is 1. The minimum absolute atomic E-state index is 0.554. The Morgan fingerprint density at radius 1 is 0.471 bits per heavy atom. The van der Waals surface area contributed by atoms with Crippen LogP contribution < -0.4 is 0 Å². The van der Waals surface area contributed by atoms with Gasteiger partial charge in [-0.15, -0.1) is 0 Å². The Balaban J connectivity index is 1.44. The molecular weight excluding hydrogens is 410 g/mol. The van der Waals surface area contributed by atoms with Crippen molar-refractivity contribution in [1.29, 1.82) is 0 Å². The average molecular weight is 438 g/mol. The average Bonchev–Trinajstić information content (AvgIpc) is 3.23. The van der Waals surface area contributed by atoms with E-state index in [1.165, 1.54) is 55.3 Å². The molecule has 6 rings (SSSR count). The van der Waals surface area contributed by atoms with Crippen LogP contribution in [0.4, 0.5) is 0 Å². The molecule has 0 N–H and O–H groups in total. The molecule has 1 nitrogen and oxygen atoms in total. The summed E-state index contributed by atoms with van der Waals surface area (Å²) in [4.78, 5) is 0. The summed E-state index contributed by atoms with van der Waals surface area (Å²) >= 11 is 0. The van der Waals surface area contributed by atoms with E-state index >= 15 is 0 Å². The first-order chi connectivity index (χ1) is 16.7. The Morgan fingerprint density at radius 2 is 1.00 bits per heavy atom. The zero-order valence-electron chi connectivity index (χ0n) is 19.6. The monoisotopic (exact) mass is 437 g/mol. The summed E-state index contributed by atoms with van der Waals surface area (Å²) in [5.74, 6) is 0.554. The standard InChI is InChI=1S/C33H27N/c1-23(2)24-12-14-25(15-13-24)26-16-18-27(19-17-26)28-20-21-31-30-10-6-7-11-32(30)34(33(31)22-28)29-8-4-3-5-9-29/h3-23H,1-2H3. The van der Waals surface area contributed by atoms with E-state index in [1.54, 1.807) is 0 Å². The fourth-order valence-corrected chi connectivity index (χ4v) is 4.92. The first kappa shape index (κ1) is 20.5. The molecule has 1 heterocycles. The lowest BCUT2D eigenvalue weighted by atomic mass is 9.97. The van der Waals surface area contributed by atoms with Crippen LogP contribution in [0.15, 0.2) is 121 Å². The van der Waals surface area contributed by atoms with Crippen molar-refractivity contribution in [3.63, 3.8) is 0 Å². The van der Waals surface area contributed by atoms with Crippen molar-refractivity contribution in [3.05, 3.63) is 127 Å². The molecule has 0 saturated heterocycles. The second-order valence-corrected chi connectivity index (χ2v) is 9.27. The van der Waals surface area contributed by atoms with Gasteiger partial charge in [0, 0.05) is 16.5 Å². The normalized spacial score (nSPS) is 11.5. The molecule has 0 bridgehead atoms. The highest BCUT2D eigenvalue weighted by Crippen LogP contribution is 2.35. The predicted molar refractivity (Wildman–Crippen MR) is 146 cm³/mol. The van der Waals surface area contributed by atoms with Gasteiger partial charge in [-0.2, -0.15) is 0 Å². The summed E-state index contributed by atoms with van der Waals surface area (Å²) in [5, 5.41) is 2.57. The van der Waals surface area contributed by atoms with Crippen molar-refractivity contribution in [1.82, 2.24) is 4.57 Å². The summed E-state index contributed by atoms with van der Waals surface area (Å²) in [6, 6.07) is 44.0. The molecule has 164 valence electrons.